The van der Waals surface area contributed by atoms with Crippen LogP contribution in [0.4, 0.5) is 4.79 Å². The molecular formula is C24H26N2O4. The molecule has 2 amide bonds. The lowest BCUT2D eigenvalue weighted by molar-refractivity contribution is -0.140. The number of likely N-dealkylation sites (tertiary alicyclic amines) is 2. The Kier molecular flexibility index (Phi) is 5.17. The summed E-state index contributed by atoms with van der Waals surface area (Å²) < 4.78 is 11.5. The summed E-state index contributed by atoms with van der Waals surface area (Å²) in [6.07, 6.45) is 1.49. The van der Waals surface area contributed by atoms with Crippen molar-refractivity contribution in [3.05, 3.63) is 60.2 Å². The molecule has 0 spiro atoms. The van der Waals surface area contributed by atoms with Crippen LogP contribution in [-0.2, 0) is 9.53 Å². The first-order chi connectivity index (χ1) is 14.7. The molecule has 0 aromatic heterocycles. The molecule has 5 rings (SSSR count). The summed E-state index contributed by atoms with van der Waals surface area (Å²) >= 11 is 0. The van der Waals surface area contributed by atoms with E-state index in [4.69, 9.17) is 9.47 Å². The monoisotopic (exact) mass is 406 g/mol. The Labute approximate surface area is 176 Å². The van der Waals surface area contributed by atoms with E-state index in [1.807, 2.05) is 52.3 Å². The van der Waals surface area contributed by atoms with E-state index >= 15 is 0 Å². The summed E-state index contributed by atoms with van der Waals surface area (Å²) in [7, 11) is 0. The summed E-state index contributed by atoms with van der Waals surface area (Å²) in [5.74, 6) is 2.29. The van der Waals surface area contributed by atoms with Gasteiger partial charge in [0.1, 0.15) is 18.1 Å². The van der Waals surface area contributed by atoms with Gasteiger partial charge in [0, 0.05) is 44.4 Å². The van der Waals surface area contributed by atoms with Crippen LogP contribution in [0.5, 0.6) is 11.5 Å². The van der Waals surface area contributed by atoms with E-state index in [1.54, 1.807) is 0 Å². The maximum Gasteiger partial charge on any atom is 0.320 e. The Balaban J connectivity index is 1.13. The number of nitrogens with zero attached hydrogens (tertiary/aromatic N) is 2. The Bertz CT molecular complexity index is 909. The number of para-hydroxylation sites is 1. The lowest BCUT2D eigenvalue weighted by Gasteiger charge is -2.46. The Morgan fingerprint density at radius 2 is 1.67 bits per heavy atom. The summed E-state index contributed by atoms with van der Waals surface area (Å²) in [5.41, 5.74) is 1.23. The molecule has 2 aromatic carbocycles. The van der Waals surface area contributed by atoms with E-state index in [-0.39, 0.29) is 30.4 Å². The maximum absolute atomic E-state index is 12.9. The molecule has 2 aromatic rings. The van der Waals surface area contributed by atoms with Crippen LogP contribution in [0.25, 0.3) is 0 Å². The van der Waals surface area contributed by atoms with Gasteiger partial charge in [0.15, 0.2) is 5.78 Å². The minimum Gasteiger partial charge on any atom is -0.457 e. The number of hydrogen-bond acceptors (Lipinski definition) is 4. The SMILES string of the molecule is O=C1CO[C@H]2CCN(C(=O)N3CC(c4ccc(Oc5ccccc5)cc4)C3)C[C@@H]2C1. The highest BCUT2D eigenvalue weighted by Gasteiger charge is 2.40. The second-order valence-electron chi connectivity index (χ2n) is 8.46. The molecule has 2 atom stereocenters. The number of rotatable bonds is 3. The number of Topliss-reactive ketones (excluding diaryl/α,β-unsaturated/α-hetero) is 1. The first-order valence-corrected chi connectivity index (χ1v) is 10.7. The van der Waals surface area contributed by atoms with Gasteiger partial charge in [0.2, 0.25) is 0 Å². The smallest absolute Gasteiger partial charge is 0.320 e. The topological polar surface area (TPSA) is 59.1 Å². The highest BCUT2D eigenvalue weighted by Crippen LogP contribution is 2.32. The molecule has 3 fully saturated rings. The van der Waals surface area contributed by atoms with E-state index in [2.05, 4.69) is 12.1 Å². The lowest BCUT2D eigenvalue weighted by atomic mass is 9.87. The van der Waals surface area contributed by atoms with Crippen molar-refractivity contribution in [3.63, 3.8) is 0 Å². The summed E-state index contributed by atoms with van der Waals surface area (Å²) in [6.45, 7) is 3.04. The van der Waals surface area contributed by atoms with Crippen molar-refractivity contribution in [1.29, 1.82) is 0 Å². The molecule has 156 valence electrons. The minimum absolute atomic E-state index is 0.0896. The maximum atomic E-state index is 12.9. The fourth-order valence-electron chi connectivity index (χ4n) is 4.63. The fourth-order valence-corrected chi connectivity index (χ4v) is 4.63. The molecule has 6 nitrogen and oxygen atoms in total. The lowest BCUT2D eigenvalue weighted by Crippen LogP contribution is -2.58. The van der Waals surface area contributed by atoms with Crippen LogP contribution in [0.15, 0.2) is 54.6 Å². The Morgan fingerprint density at radius 3 is 2.43 bits per heavy atom. The van der Waals surface area contributed by atoms with E-state index in [0.717, 1.165) is 31.0 Å². The summed E-state index contributed by atoms with van der Waals surface area (Å²) in [5, 5.41) is 0. The largest absolute Gasteiger partial charge is 0.457 e. The number of hydrogen-bond donors (Lipinski definition) is 0. The van der Waals surface area contributed by atoms with Crippen LogP contribution in [0.2, 0.25) is 0 Å². The van der Waals surface area contributed by atoms with Gasteiger partial charge in [0.05, 0.1) is 6.10 Å². The highest BCUT2D eigenvalue weighted by molar-refractivity contribution is 5.81. The second kappa shape index (κ2) is 8.11. The predicted molar refractivity (Wildman–Crippen MR) is 112 cm³/mol. The summed E-state index contributed by atoms with van der Waals surface area (Å²) in [4.78, 5) is 28.4. The van der Waals surface area contributed by atoms with Crippen molar-refractivity contribution in [3.8, 4) is 11.5 Å². The standard InChI is InChI=1S/C24H26N2O4/c27-20-12-18-13-25(11-10-23(18)29-16-20)24(28)26-14-19(15-26)17-6-8-22(9-7-17)30-21-4-2-1-3-5-21/h1-9,18-19,23H,10-16H2/t18-,23-/m0/s1. The van der Waals surface area contributed by atoms with Gasteiger partial charge in [-0.2, -0.15) is 0 Å². The Hall–Kier alpha value is -2.86. The molecule has 3 aliphatic heterocycles. The van der Waals surface area contributed by atoms with Crippen molar-refractivity contribution < 1.29 is 19.1 Å². The van der Waals surface area contributed by atoms with E-state index < -0.39 is 0 Å². The van der Waals surface area contributed by atoms with Crippen molar-refractivity contribution in [2.75, 3.05) is 32.8 Å². The number of urea groups is 1. The van der Waals surface area contributed by atoms with Crippen molar-refractivity contribution in [1.82, 2.24) is 9.80 Å². The highest BCUT2D eigenvalue weighted by atomic mass is 16.5. The molecule has 0 bridgehead atoms. The first-order valence-electron chi connectivity index (χ1n) is 10.7. The average Bonchev–Trinajstić information content (AvgIpc) is 2.74. The zero-order valence-corrected chi connectivity index (χ0v) is 16.9. The van der Waals surface area contributed by atoms with E-state index in [0.29, 0.717) is 25.4 Å². The molecule has 6 heteroatoms. The average molecular weight is 406 g/mol. The number of carbonyl (C=O) groups excluding carboxylic acids is 2. The van der Waals surface area contributed by atoms with E-state index in [9.17, 15) is 9.59 Å². The Morgan fingerprint density at radius 1 is 0.933 bits per heavy atom. The molecular weight excluding hydrogens is 380 g/mol. The molecule has 30 heavy (non-hydrogen) atoms. The van der Waals surface area contributed by atoms with Gasteiger partial charge in [-0.05, 0) is 36.2 Å². The van der Waals surface area contributed by atoms with Gasteiger partial charge in [-0.1, -0.05) is 30.3 Å². The van der Waals surface area contributed by atoms with Crippen LogP contribution in [-0.4, -0.2) is 60.5 Å². The second-order valence-corrected chi connectivity index (χ2v) is 8.46. The van der Waals surface area contributed by atoms with Crippen LogP contribution in [0.3, 0.4) is 0 Å². The molecule has 0 unspecified atom stereocenters. The van der Waals surface area contributed by atoms with Gasteiger partial charge < -0.3 is 19.3 Å². The molecule has 0 N–H and O–H groups in total. The molecule has 3 saturated heterocycles. The van der Waals surface area contributed by atoms with Crippen LogP contribution in [0.1, 0.15) is 24.3 Å². The predicted octanol–water partition coefficient (Wildman–Crippen LogP) is 3.68. The molecule has 0 aliphatic carbocycles. The summed E-state index contributed by atoms with van der Waals surface area (Å²) in [6, 6.07) is 18.0. The fraction of sp³-hybridized carbons (Fsp3) is 0.417. The van der Waals surface area contributed by atoms with E-state index in [1.165, 1.54) is 5.56 Å². The number of carbonyl (C=O) groups is 2. The number of ether oxygens (including phenoxy) is 2. The number of ketones is 1. The third kappa shape index (κ3) is 3.92. The van der Waals surface area contributed by atoms with Crippen molar-refractivity contribution in [2.24, 2.45) is 5.92 Å². The number of amides is 2. The van der Waals surface area contributed by atoms with Gasteiger partial charge in [0.25, 0.3) is 0 Å². The van der Waals surface area contributed by atoms with Crippen molar-refractivity contribution >= 4 is 11.8 Å². The van der Waals surface area contributed by atoms with Gasteiger partial charge in [-0.15, -0.1) is 0 Å². The quantitative estimate of drug-likeness (QED) is 0.780. The molecule has 3 aliphatic rings. The van der Waals surface area contributed by atoms with Gasteiger partial charge in [-0.25, -0.2) is 4.79 Å². The molecule has 0 saturated carbocycles. The minimum atomic E-state index is 0.0896. The number of piperidine rings is 1. The van der Waals surface area contributed by atoms with Crippen LogP contribution >= 0.6 is 0 Å². The zero-order chi connectivity index (χ0) is 20.5. The first kappa shape index (κ1) is 19.1. The molecule has 0 radical (unpaired) electrons. The number of benzene rings is 2. The zero-order valence-electron chi connectivity index (χ0n) is 16.9. The van der Waals surface area contributed by atoms with Crippen molar-refractivity contribution in [2.45, 2.75) is 24.9 Å². The number of fused-ring (bicyclic) bond motifs is 1. The van der Waals surface area contributed by atoms with Crippen LogP contribution in [0, 0.1) is 5.92 Å². The van der Waals surface area contributed by atoms with Gasteiger partial charge >= 0.3 is 6.03 Å². The molecule has 3 heterocycles. The third-order valence-corrected chi connectivity index (χ3v) is 6.37. The van der Waals surface area contributed by atoms with Gasteiger partial charge in [-0.3, -0.25) is 4.79 Å². The normalized spacial score (nSPS) is 24.2. The third-order valence-electron chi connectivity index (χ3n) is 6.37. The van der Waals surface area contributed by atoms with Crippen LogP contribution < -0.4 is 4.74 Å².